The van der Waals surface area contributed by atoms with Gasteiger partial charge in [-0.3, -0.25) is 4.79 Å². The fourth-order valence-electron chi connectivity index (χ4n) is 4.76. The maximum atomic E-state index is 13.6. The van der Waals surface area contributed by atoms with Crippen molar-refractivity contribution in [1.82, 2.24) is 35.2 Å². The van der Waals surface area contributed by atoms with E-state index in [9.17, 15) is 9.18 Å². The normalized spacial score (nSPS) is 15.1. The summed E-state index contributed by atoms with van der Waals surface area (Å²) in [6.07, 6.45) is 2.05. The molecule has 0 aliphatic heterocycles. The first kappa shape index (κ1) is 24.2. The lowest BCUT2D eigenvalue weighted by Gasteiger charge is -2.21. The van der Waals surface area contributed by atoms with Gasteiger partial charge in [0, 0.05) is 16.2 Å². The van der Waals surface area contributed by atoms with E-state index in [0.717, 1.165) is 32.2 Å². The van der Waals surface area contributed by atoms with E-state index in [0.29, 0.717) is 39.2 Å². The Balaban J connectivity index is 1.16. The van der Waals surface area contributed by atoms with Crippen LogP contribution in [-0.2, 0) is 17.6 Å². The molecule has 0 saturated carbocycles. The zero-order valence-electron chi connectivity index (χ0n) is 20.5. The van der Waals surface area contributed by atoms with E-state index in [-0.39, 0.29) is 17.6 Å². The Morgan fingerprint density at radius 3 is 2.87 bits per heavy atom. The summed E-state index contributed by atoms with van der Waals surface area (Å²) in [5.41, 5.74) is 2.73. The van der Waals surface area contributed by atoms with Crippen molar-refractivity contribution in [2.75, 3.05) is 5.32 Å². The smallest absolute Gasteiger partial charge is 0.229 e. The molecule has 9 nitrogen and oxygen atoms in total. The number of aryl methyl sites for hydroxylation is 2. The topological polar surface area (TPSA) is 111 Å². The van der Waals surface area contributed by atoms with E-state index in [1.807, 2.05) is 37.3 Å². The van der Waals surface area contributed by atoms with Gasteiger partial charge in [0.1, 0.15) is 21.5 Å². The van der Waals surface area contributed by atoms with Crippen molar-refractivity contribution >= 4 is 65.9 Å². The number of amides is 1. The van der Waals surface area contributed by atoms with E-state index < -0.39 is 0 Å². The predicted molar refractivity (Wildman–Crippen MR) is 149 cm³/mol. The van der Waals surface area contributed by atoms with Gasteiger partial charge in [-0.2, -0.15) is 4.68 Å². The number of tetrazole rings is 1. The number of thiophene rings is 1. The highest BCUT2D eigenvalue weighted by molar-refractivity contribution is 7.99. The molecule has 13 heteroatoms. The monoisotopic (exact) mass is 574 g/mol. The number of aromatic nitrogens is 7. The molecule has 1 N–H and O–H groups in total. The van der Waals surface area contributed by atoms with Gasteiger partial charge in [-0.1, -0.05) is 29.5 Å². The lowest BCUT2D eigenvalue weighted by molar-refractivity contribution is -0.120. The number of fused-ring (bicyclic) bond motifs is 4. The summed E-state index contributed by atoms with van der Waals surface area (Å²) in [7, 11) is 0. The van der Waals surface area contributed by atoms with Crippen LogP contribution in [0.5, 0.6) is 0 Å². The minimum atomic E-state index is -0.318. The number of nitrogens with zero attached hydrogens (tertiary/aromatic N) is 7. The highest BCUT2D eigenvalue weighted by Gasteiger charge is 2.30. The number of halogens is 1. The van der Waals surface area contributed by atoms with Crippen LogP contribution in [-0.4, -0.2) is 41.1 Å². The van der Waals surface area contributed by atoms with Crippen molar-refractivity contribution in [3.05, 3.63) is 70.6 Å². The van der Waals surface area contributed by atoms with Crippen LogP contribution < -0.4 is 5.32 Å². The summed E-state index contributed by atoms with van der Waals surface area (Å²) < 4.78 is 16.0. The number of carbonyl (C=O) groups is 1. The Labute approximate surface area is 233 Å². The Bertz CT molecular complexity index is 1870. The van der Waals surface area contributed by atoms with Gasteiger partial charge in [0.25, 0.3) is 0 Å². The molecule has 7 rings (SSSR count). The van der Waals surface area contributed by atoms with E-state index in [1.54, 1.807) is 22.1 Å². The summed E-state index contributed by atoms with van der Waals surface area (Å²) in [4.78, 5) is 29.1. The van der Waals surface area contributed by atoms with Crippen LogP contribution in [0, 0.1) is 18.7 Å². The molecular formula is C26H19FN8OS3. The zero-order chi connectivity index (χ0) is 26.5. The van der Waals surface area contributed by atoms with Crippen LogP contribution >= 0.6 is 34.4 Å². The standard InChI is InChI=1S/C26H19FN8OS3/c1-13-28-23-21(24(29-13)39-26-32-33-34-35(26)16-5-3-2-4-6-16)17-9-7-14(11-19(17)37-23)22(36)31-25-30-18-10-8-15(27)12-20(18)38-25/h2-6,8,10,12,14H,7,9,11H2,1H3,(H,30,31,36). The molecule has 1 unspecified atom stereocenters. The minimum Gasteiger partial charge on any atom is -0.302 e. The van der Waals surface area contributed by atoms with Crippen molar-refractivity contribution in [3.8, 4) is 5.69 Å². The third-order valence-electron chi connectivity index (χ3n) is 6.57. The molecule has 4 aromatic heterocycles. The van der Waals surface area contributed by atoms with Crippen molar-refractivity contribution in [3.63, 3.8) is 0 Å². The van der Waals surface area contributed by atoms with Crippen molar-refractivity contribution in [2.24, 2.45) is 5.92 Å². The largest absolute Gasteiger partial charge is 0.302 e. The molecule has 2 aromatic carbocycles. The van der Waals surface area contributed by atoms with Crippen LogP contribution in [0.4, 0.5) is 9.52 Å². The second-order valence-corrected chi connectivity index (χ2v) is 12.2. The SMILES string of the molecule is Cc1nc(Sc2nnnn2-c2ccccc2)c2c3c(sc2n1)CC(C(=O)Nc1nc2ccc(F)cc2s1)CC3. The third kappa shape index (κ3) is 4.56. The first-order chi connectivity index (χ1) is 19.0. The van der Waals surface area contributed by atoms with Gasteiger partial charge >= 0.3 is 0 Å². The zero-order valence-corrected chi connectivity index (χ0v) is 22.9. The molecule has 39 heavy (non-hydrogen) atoms. The van der Waals surface area contributed by atoms with E-state index in [2.05, 4.69) is 25.8 Å². The van der Waals surface area contributed by atoms with Gasteiger partial charge < -0.3 is 5.32 Å². The van der Waals surface area contributed by atoms with Crippen LogP contribution in [0.15, 0.2) is 58.7 Å². The first-order valence-electron chi connectivity index (χ1n) is 12.2. The van der Waals surface area contributed by atoms with Crippen molar-refractivity contribution < 1.29 is 9.18 Å². The Kier molecular flexibility index (Phi) is 6.05. The quantitative estimate of drug-likeness (QED) is 0.264. The molecule has 4 heterocycles. The fourth-order valence-corrected chi connectivity index (χ4v) is 8.04. The number of carbonyl (C=O) groups excluding carboxylic acids is 1. The van der Waals surface area contributed by atoms with E-state index in [1.165, 1.54) is 40.8 Å². The van der Waals surface area contributed by atoms with Crippen LogP contribution in [0.1, 0.15) is 22.7 Å². The Morgan fingerprint density at radius 2 is 2.00 bits per heavy atom. The summed E-state index contributed by atoms with van der Waals surface area (Å²) >= 11 is 4.31. The lowest BCUT2D eigenvalue weighted by atomic mass is 9.87. The van der Waals surface area contributed by atoms with Crippen molar-refractivity contribution in [2.45, 2.75) is 36.4 Å². The van der Waals surface area contributed by atoms with Gasteiger partial charge in [-0.15, -0.1) is 16.4 Å². The second kappa shape index (κ2) is 9.74. The summed E-state index contributed by atoms with van der Waals surface area (Å²) in [5, 5.41) is 18.2. The number of hydrogen-bond donors (Lipinski definition) is 1. The molecule has 1 aliphatic rings. The van der Waals surface area contributed by atoms with Gasteiger partial charge in [-0.05, 0) is 84.3 Å². The number of thiazole rings is 1. The van der Waals surface area contributed by atoms with Gasteiger partial charge in [-0.25, -0.2) is 19.3 Å². The molecule has 0 bridgehead atoms. The highest BCUT2D eigenvalue weighted by Crippen LogP contribution is 2.42. The number of anilines is 1. The third-order valence-corrected chi connectivity index (χ3v) is 9.58. The lowest BCUT2D eigenvalue weighted by Crippen LogP contribution is -2.27. The number of benzene rings is 2. The van der Waals surface area contributed by atoms with Gasteiger partial charge in [0.05, 0.1) is 15.9 Å². The molecule has 1 aliphatic carbocycles. The highest BCUT2D eigenvalue weighted by atomic mass is 32.2. The number of nitrogens with one attached hydrogen (secondary N) is 1. The number of para-hydroxylation sites is 1. The maximum Gasteiger partial charge on any atom is 0.229 e. The maximum absolute atomic E-state index is 13.6. The molecular weight excluding hydrogens is 556 g/mol. The van der Waals surface area contributed by atoms with Crippen LogP contribution in [0.2, 0.25) is 0 Å². The average Bonchev–Trinajstić information content (AvgIpc) is 3.64. The van der Waals surface area contributed by atoms with Crippen molar-refractivity contribution in [1.29, 1.82) is 0 Å². The molecule has 194 valence electrons. The van der Waals surface area contributed by atoms with Gasteiger partial charge in [0.2, 0.25) is 11.1 Å². The van der Waals surface area contributed by atoms with Crippen LogP contribution in [0.25, 0.3) is 26.1 Å². The average molecular weight is 575 g/mol. The van der Waals surface area contributed by atoms with Crippen LogP contribution in [0.3, 0.4) is 0 Å². The molecule has 0 fully saturated rings. The summed E-state index contributed by atoms with van der Waals surface area (Å²) in [6, 6.07) is 14.2. The summed E-state index contributed by atoms with van der Waals surface area (Å²) in [6.45, 7) is 1.88. The van der Waals surface area contributed by atoms with Gasteiger partial charge in [0.15, 0.2) is 5.13 Å². The number of hydrogen-bond acceptors (Lipinski definition) is 10. The molecule has 6 aromatic rings. The fraction of sp³-hybridized carbons (Fsp3) is 0.192. The summed E-state index contributed by atoms with van der Waals surface area (Å²) in [5.74, 6) is 0.0892. The molecule has 1 atom stereocenters. The van der Waals surface area contributed by atoms with E-state index in [4.69, 9.17) is 9.97 Å². The molecule has 0 saturated heterocycles. The Hall–Kier alpha value is -3.81. The number of rotatable bonds is 5. The minimum absolute atomic E-state index is 0.0727. The Morgan fingerprint density at radius 1 is 1.13 bits per heavy atom. The molecule has 0 spiro atoms. The second-order valence-electron chi connectivity index (χ2n) is 9.13. The van der Waals surface area contributed by atoms with E-state index >= 15 is 0 Å². The molecule has 1 amide bonds. The molecule has 0 radical (unpaired) electrons. The first-order valence-corrected chi connectivity index (χ1v) is 14.6. The predicted octanol–water partition coefficient (Wildman–Crippen LogP) is 5.62.